The van der Waals surface area contributed by atoms with Gasteiger partial charge in [0.15, 0.2) is 0 Å². The van der Waals surface area contributed by atoms with E-state index in [4.69, 9.17) is 0 Å². The highest BCUT2D eigenvalue weighted by atomic mass is 15.1. The van der Waals surface area contributed by atoms with Crippen LogP contribution < -0.4 is 4.90 Å². The summed E-state index contributed by atoms with van der Waals surface area (Å²) in [7, 11) is 0. The minimum atomic E-state index is -0.605. The van der Waals surface area contributed by atoms with Crippen LogP contribution in [-0.4, -0.2) is 0 Å². The van der Waals surface area contributed by atoms with Crippen LogP contribution in [0.3, 0.4) is 0 Å². The molecule has 0 radical (unpaired) electrons. The summed E-state index contributed by atoms with van der Waals surface area (Å²) in [6.07, 6.45) is 0. The van der Waals surface area contributed by atoms with Crippen LogP contribution in [0.25, 0.3) is 44.5 Å². The summed E-state index contributed by atoms with van der Waals surface area (Å²) in [5, 5.41) is 0. The number of fused-ring (bicyclic) bond motifs is 6. The smallest absolute Gasteiger partial charge is 0.0714 e. The Morgan fingerprint density at radius 2 is 0.763 bits per heavy atom. The first-order valence-corrected chi connectivity index (χ1v) is 20.7. The van der Waals surface area contributed by atoms with E-state index in [1.807, 2.05) is 0 Å². The highest BCUT2D eigenvalue weighted by molar-refractivity contribution is 6.07. The summed E-state index contributed by atoms with van der Waals surface area (Å²) in [5.74, 6) is 0. The standard InChI is InChI=1S/C58H43N/c1-57(2)50-31-19-18-30-48(50)54-52(57)39-53-55(56(54)59(46-28-16-7-17-29-46)47-35-32-42(33-36-47)40-20-8-3-9-21-40)49-37-34-43(41-22-10-4-11-23-41)38-51(49)58(53,44-24-12-5-13-25-44)45-26-14-6-15-27-45/h3-39H,1-2H3. The Balaban J connectivity index is 1.31. The van der Waals surface area contributed by atoms with Gasteiger partial charge in [0.25, 0.3) is 0 Å². The van der Waals surface area contributed by atoms with Crippen LogP contribution in [0.5, 0.6) is 0 Å². The molecule has 11 rings (SSSR count). The summed E-state index contributed by atoms with van der Waals surface area (Å²) in [6, 6.07) is 83.1. The largest absolute Gasteiger partial charge is 0.309 e. The van der Waals surface area contributed by atoms with E-state index >= 15 is 0 Å². The van der Waals surface area contributed by atoms with Crippen molar-refractivity contribution in [1.29, 1.82) is 0 Å². The topological polar surface area (TPSA) is 3.24 Å². The van der Waals surface area contributed by atoms with Crippen molar-refractivity contribution in [2.75, 3.05) is 4.90 Å². The van der Waals surface area contributed by atoms with Crippen molar-refractivity contribution in [1.82, 2.24) is 0 Å². The van der Waals surface area contributed by atoms with Crippen molar-refractivity contribution in [2.45, 2.75) is 24.7 Å². The Kier molecular flexibility index (Phi) is 8.13. The summed E-state index contributed by atoms with van der Waals surface area (Å²) < 4.78 is 0. The van der Waals surface area contributed by atoms with Gasteiger partial charge in [-0.3, -0.25) is 0 Å². The molecule has 1 heteroatoms. The molecule has 280 valence electrons. The lowest BCUT2D eigenvalue weighted by molar-refractivity contribution is 0.656. The van der Waals surface area contributed by atoms with Crippen LogP contribution in [-0.2, 0) is 10.8 Å². The van der Waals surface area contributed by atoms with E-state index in [-0.39, 0.29) is 5.41 Å². The van der Waals surface area contributed by atoms with E-state index < -0.39 is 5.41 Å². The van der Waals surface area contributed by atoms with Crippen LogP contribution in [0.1, 0.15) is 47.2 Å². The molecule has 59 heavy (non-hydrogen) atoms. The monoisotopic (exact) mass is 753 g/mol. The van der Waals surface area contributed by atoms with Gasteiger partial charge < -0.3 is 4.90 Å². The number of nitrogens with zero attached hydrogens (tertiary/aromatic N) is 1. The maximum absolute atomic E-state index is 2.60. The number of hydrogen-bond acceptors (Lipinski definition) is 1. The van der Waals surface area contributed by atoms with Crippen LogP contribution in [0.15, 0.2) is 224 Å². The molecule has 0 heterocycles. The number of para-hydroxylation sites is 1. The lowest BCUT2D eigenvalue weighted by atomic mass is 9.66. The molecule has 0 amide bonds. The highest BCUT2D eigenvalue weighted by Gasteiger charge is 2.51. The van der Waals surface area contributed by atoms with E-state index in [2.05, 4.69) is 243 Å². The zero-order valence-electron chi connectivity index (χ0n) is 33.3. The fourth-order valence-electron chi connectivity index (χ4n) is 10.2. The van der Waals surface area contributed by atoms with Gasteiger partial charge >= 0.3 is 0 Å². The van der Waals surface area contributed by atoms with E-state index in [0.717, 1.165) is 11.4 Å². The number of anilines is 3. The second kappa shape index (κ2) is 13.7. The van der Waals surface area contributed by atoms with Crippen molar-refractivity contribution < 1.29 is 0 Å². The molecule has 0 bridgehead atoms. The predicted octanol–water partition coefficient (Wildman–Crippen LogP) is 15.2. The Bertz CT molecular complexity index is 2930. The van der Waals surface area contributed by atoms with Crippen LogP contribution >= 0.6 is 0 Å². The van der Waals surface area contributed by atoms with E-state index in [0.29, 0.717) is 0 Å². The maximum atomic E-state index is 2.60. The van der Waals surface area contributed by atoms with Gasteiger partial charge in [0.2, 0.25) is 0 Å². The Labute approximate surface area is 347 Å². The lowest BCUT2D eigenvalue weighted by Gasteiger charge is -2.36. The van der Waals surface area contributed by atoms with Crippen LogP contribution in [0.2, 0.25) is 0 Å². The molecule has 9 aromatic rings. The van der Waals surface area contributed by atoms with E-state index in [1.165, 1.54) is 83.6 Å². The molecule has 0 saturated heterocycles. The Morgan fingerprint density at radius 1 is 0.322 bits per heavy atom. The van der Waals surface area contributed by atoms with Gasteiger partial charge in [-0.1, -0.05) is 208 Å². The molecular weight excluding hydrogens is 711 g/mol. The van der Waals surface area contributed by atoms with Crippen molar-refractivity contribution >= 4 is 17.1 Å². The third-order valence-electron chi connectivity index (χ3n) is 12.9. The van der Waals surface area contributed by atoms with Gasteiger partial charge in [0, 0.05) is 27.9 Å². The molecule has 0 fully saturated rings. The van der Waals surface area contributed by atoms with Gasteiger partial charge in [-0.15, -0.1) is 0 Å². The van der Waals surface area contributed by atoms with Gasteiger partial charge in [0.05, 0.1) is 11.1 Å². The summed E-state index contributed by atoms with van der Waals surface area (Å²) in [4.78, 5) is 2.55. The van der Waals surface area contributed by atoms with Crippen molar-refractivity contribution in [3.05, 3.63) is 258 Å². The average Bonchev–Trinajstić information content (AvgIpc) is 3.73. The molecule has 0 spiro atoms. The molecule has 0 saturated carbocycles. The van der Waals surface area contributed by atoms with Crippen molar-refractivity contribution in [3.63, 3.8) is 0 Å². The minimum Gasteiger partial charge on any atom is -0.309 e. The molecule has 0 aromatic heterocycles. The zero-order chi connectivity index (χ0) is 39.6. The molecule has 0 atom stereocenters. The summed E-state index contributed by atoms with van der Waals surface area (Å²) in [6.45, 7) is 4.83. The van der Waals surface area contributed by atoms with Crippen LogP contribution in [0.4, 0.5) is 17.1 Å². The lowest BCUT2D eigenvalue weighted by Crippen LogP contribution is -2.29. The highest BCUT2D eigenvalue weighted by Crippen LogP contribution is 2.65. The molecule has 0 N–H and O–H groups in total. The first-order chi connectivity index (χ1) is 29.0. The van der Waals surface area contributed by atoms with Crippen molar-refractivity contribution in [3.8, 4) is 44.5 Å². The second-order valence-electron chi connectivity index (χ2n) is 16.4. The molecule has 9 aromatic carbocycles. The summed E-state index contributed by atoms with van der Waals surface area (Å²) in [5.41, 5.74) is 20.4. The number of hydrogen-bond donors (Lipinski definition) is 0. The normalized spacial score (nSPS) is 13.9. The Hall–Kier alpha value is -7.22. The minimum absolute atomic E-state index is 0.252. The second-order valence-corrected chi connectivity index (χ2v) is 16.4. The molecule has 1 nitrogen and oxygen atoms in total. The molecule has 2 aliphatic carbocycles. The third kappa shape index (κ3) is 5.31. The van der Waals surface area contributed by atoms with E-state index in [9.17, 15) is 0 Å². The average molecular weight is 754 g/mol. The van der Waals surface area contributed by atoms with Gasteiger partial charge in [-0.2, -0.15) is 0 Å². The SMILES string of the molecule is CC1(C)c2ccccc2-c2c1cc1c(c2N(c2ccccc2)c2ccc(-c3ccccc3)cc2)-c2ccc(-c3ccccc3)cc2C1(c1ccccc1)c1ccccc1. The summed E-state index contributed by atoms with van der Waals surface area (Å²) >= 11 is 0. The molecular formula is C58H43N. The van der Waals surface area contributed by atoms with Gasteiger partial charge in [-0.25, -0.2) is 0 Å². The molecule has 0 aliphatic heterocycles. The molecule has 2 aliphatic rings. The fraction of sp³-hybridized carbons (Fsp3) is 0.0690. The number of benzene rings is 9. The number of rotatable bonds is 7. The van der Waals surface area contributed by atoms with Crippen molar-refractivity contribution in [2.24, 2.45) is 0 Å². The fourth-order valence-corrected chi connectivity index (χ4v) is 10.2. The third-order valence-corrected chi connectivity index (χ3v) is 12.9. The Morgan fingerprint density at radius 3 is 1.37 bits per heavy atom. The first kappa shape index (κ1) is 35.0. The van der Waals surface area contributed by atoms with Gasteiger partial charge in [0.1, 0.15) is 0 Å². The van der Waals surface area contributed by atoms with Crippen LogP contribution in [0, 0.1) is 0 Å². The maximum Gasteiger partial charge on any atom is 0.0714 e. The first-order valence-electron chi connectivity index (χ1n) is 20.7. The zero-order valence-corrected chi connectivity index (χ0v) is 33.3. The quantitative estimate of drug-likeness (QED) is 0.157. The van der Waals surface area contributed by atoms with Gasteiger partial charge in [-0.05, 0) is 97.1 Å². The molecule has 0 unspecified atom stereocenters. The predicted molar refractivity (Wildman–Crippen MR) is 247 cm³/mol. The van der Waals surface area contributed by atoms with E-state index in [1.54, 1.807) is 0 Å².